The molecule has 2 rings (SSSR count). The predicted octanol–water partition coefficient (Wildman–Crippen LogP) is 1.90. The Kier molecular flexibility index (Phi) is 4.99. The number of rotatable bonds is 4. The molecule has 5 nitrogen and oxygen atoms in total. The minimum Gasteiger partial charge on any atom is -0.365 e. The van der Waals surface area contributed by atoms with E-state index in [9.17, 15) is 4.79 Å². The molecule has 0 saturated carbocycles. The summed E-state index contributed by atoms with van der Waals surface area (Å²) in [7, 11) is 0. The lowest BCUT2D eigenvalue weighted by atomic mass is 9.96. The van der Waals surface area contributed by atoms with Gasteiger partial charge in [0.2, 0.25) is 0 Å². The first-order valence-corrected chi connectivity index (χ1v) is 7.74. The quantitative estimate of drug-likeness (QED) is 0.850. The molecule has 1 fully saturated rings. The molecule has 2 unspecified atom stereocenters. The molecule has 0 bridgehead atoms. The van der Waals surface area contributed by atoms with Crippen LogP contribution in [0.1, 0.15) is 26.2 Å². The van der Waals surface area contributed by atoms with Gasteiger partial charge in [-0.15, -0.1) is 6.58 Å². The van der Waals surface area contributed by atoms with E-state index in [1.807, 2.05) is 6.92 Å². The molecule has 0 radical (unpaired) electrons. The second-order valence-corrected chi connectivity index (χ2v) is 6.03. The third-order valence-corrected chi connectivity index (χ3v) is 4.48. The Hall–Kier alpha value is -1.14. The number of nitrogens with zero attached hydrogens (tertiary/aromatic N) is 3. The molecule has 2 atom stereocenters. The summed E-state index contributed by atoms with van der Waals surface area (Å²) >= 11 is 3.42. The number of anilines is 1. The summed E-state index contributed by atoms with van der Waals surface area (Å²) in [6.45, 7) is 6.97. The van der Waals surface area contributed by atoms with E-state index in [-0.39, 0.29) is 17.6 Å². The molecular weight excluding hydrogens is 320 g/mol. The van der Waals surface area contributed by atoms with E-state index in [0.717, 1.165) is 25.1 Å². The van der Waals surface area contributed by atoms with Gasteiger partial charge in [-0.25, -0.2) is 4.68 Å². The third-order valence-electron chi connectivity index (χ3n) is 3.73. The summed E-state index contributed by atoms with van der Waals surface area (Å²) in [4.78, 5) is 14.5. The lowest BCUT2D eigenvalue weighted by Gasteiger charge is -2.39. The Labute approximate surface area is 127 Å². The first-order valence-electron chi connectivity index (χ1n) is 6.95. The smallest absolute Gasteiger partial charge is 0.283 e. The fourth-order valence-corrected chi connectivity index (χ4v) is 3.25. The molecular formula is C14H21BrN4O. The first-order chi connectivity index (χ1) is 9.56. The van der Waals surface area contributed by atoms with Gasteiger partial charge >= 0.3 is 0 Å². The van der Waals surface area contributed by atoms with Crippen LogP contribution in [-0.4, -0.2) is 28.4 Å². The largest absolute Gasteiger partial charge is 0.365 e. The highest BCUT2D eigenvalue weighted by molar-refractivity contribution is 9.10. The first kappa shape index (κ1) is 15.3. The molecule has 2 heterocycles. The summed E-state index contributed by atoms with van der Waals surface area (Å²) < 4.78 is 1.95. The predicted molar refractivity (Wildman–Crippen MR) is 85.0 cm³/mol. The van der Waals surface area contributed by atoms with E-state index in [1.54, 1.807) is 12.3 Å². The lowest BCUT2D eigenvalue weighted by molar-refractivity contribution is 0.412. The molecule has 6 heteroatoms. The molecule has 0 spiro atoms. The number of nitrogens with two attached hydrogens (primary N) is 1. The maximum Gasteiger partial charge on any atom is 0.283 e. The second kappa shape index (κ2) is 6.54. The molecule has 1 aliphatic rings. The minimum atomic E-state index is -0.128. The normalized spacial score (nSPS) is 20.8. The van der Waals surface area contributed by atoms with Crippen molar-refractivity contribution < 1.29 is 0 Å². The van der Waals surface area contributed by atoms with Crippen molar-refractivity contribution in [3.05, 3.63) is 33.7 Å². The van der Waals surface area contributed by atoms with Crippen LogP contribution < -0.4 is 16.2 Å². The van der Waals surface area contributed by atoms with Gasteiger partial charge in [-0.3, -0.25) is 4.79 Å². The summed E-state index contributed by atoms with van der Waals surface area (Å²) in [5.41, 5.74) is 6.80. The number of halogens is 1. The van der Waals surface area contributed by atoms with Crippen molar-refractivity contribution in [2.75, 3.05) is 11.4 Å². The Balaban J connectivity index is 2.38. The average Bonchev–Trinajstić information content (AvgIpc) is 2.44. The highest BCUT2D eigenvalue weighted by Crippen LogP contribution is 2.29. The van der Waals surface area contributed by atoms with Crippen molar-refractivity contribution in [1.29, 1.82) is 0 Å². The van der Waals surface area contributed by atoms with Crippen LogP contribution in [-0.2, 0) is 6.54 Å². The lowest BCUT2D eigenvalue weighted by Crippen LogP contribution is -2.50. The molecule has 1 aliphatic heterocycles. The standard InChI is InChI=1S/C14H21BrN4O/c1-3-7-19-14(20)13(15)12(9-17-19)18-8-5-4-6-11(18)10(2)16/h3,9-11H,1,4-8,16H2,2H3. The van der Waals surface area contributed by atoms with Gasteiger partial charge < -0.3 is 10.6 Å². The van der Waals surface area contributed by atoms with Crippen molar-refractivity contribution in [2.45, 2.75) is 44.8 Å². The minimum absolute atomic E-state index is 0.0674. The molecule has 110 valence electrons. The summed E-state index contributed by atoms with van der Waals surface area (Å²) in [5.74, 6) is 0. The van der Waals surface area contributed by atoms with Gasteiger partial charge in [-0.1, -0.05) is 6.08 Å². The van der Waals surface area contributed by atoms with Crippen molar-refractivity contribution in [1.82, 2.24) is 9.78 Å². The van der Waals surface area contributed by atoms with Crippen LogP contribution in [0, 0.1) is 0 Å². The van der Waals surface area contributed by atoms with E-state index >= 15 is 0 Å². The third kappa shape index (κ3) is 2.96. The summed E-state index contributed by atoms with van der Waals surface area (Å²) in [5, 5.41) is 4.22. The Morgan fingerprint density at radius 1 is 1.65 bits per heavy atom. The Morgan fingerprint density at radius 2 is 2.40 bits per heavy atom. The molecule has 0 aliphatic carbocycles. The van der Waals surface area contributed by atoms with Crippen LogP contribution in [0.5, 0.6) is 0 Å². The van der Waals surface area contributed by atoms with Crippen LogP contribution in [0.25, 0.3) is 0 Å². The Bertz CT molecular complexity index is 540. The molecule has 0 aromatic carbocycles. The van der Waals surface area contributed by atoms with Crippen LogP contribution in [0.3, 0.4) is 0 Å². The van der Waals surface area contributed by atoms with E-state index in [2.05, 4.69) is 32.5 Å². The van der Waals surface area contributed by atoms with Gasteiger partial charge in [0.05, 0.1) is 18.4 Å². The van der Waals surface area contributed by atoms with E-state index in [4.69, 9.17) is 5.73 Å². The van der Waals surface area contributed by atoms with Gasteiger partial charge in [0.25, 0.3) is 5.56 Å². The van der Waals surface area contributed by atoms with Crippen molar-refractivity contribution in [2.24, 2.45) is 5.73 Å². The number of hydrogen-bond acceptors (Lipinski definition) is 4. The van der Waals surface area contributed by atoms with Crippen LogP contribution in [0.4, 0.5) is 5.69 Å². The van der Waals surface area contributed by atoms with E-state index < -0.39 is 0 Å². The van der Waals surface area contributed by atoms with Gasteiger partial charge in [0.15, 0.2) is 0 Å². The van der Waals surface area contributed by atoms with Gasteiger partial charge in [0.1, 0.15) is 4.47 Å². The summed E-state index contributed by atoms with van der Waals surface area (Å²) in [6, 6.07) is 0.328. The maximum atomic E-state index is 12.2. The molecule has 20 heavy (non-hydrogen) atoms. The molecule has 1 aromatic rings. The maximum absolute atomic E-state index is 12.2. The van der Waals surface area contributed by atoms with E-state index in [1.165, 1.54) is 11.1 Å². The number of aromatic nitrogens is 2. The molecule has 0 amide bonds. The zero-order valence-electron chi connectivity index (χ0n) is 11.8. The number of allylic oxidation sites excluding steroid dienone is 1. The van der Waals surface area contributed by atoms with Gasteiger partial charge in [-0.2, -0.15) is 5.10 Å². The zero-order chi connectivity index (χ0) is 14.7. The van der Waals surface area contributed by atoms with Crippen LogP contribution in [0.2, 0.25) is 0 Å². The summed E-state index contributed by atoms with van der Waals surface area (Å²) in [6.07, 6.45) is 6.76. The monoisotopic (exact) mass is 340 g/mol. The SMILES string of the molecule is C=CCn1ncc(N2CCCCC2C(C)N)c(Br)c1=O. The topological polar surface area (TPSA) is 64.2 Å². The fourth-order valence-electron chi connectivity index (χ4n) is 2.71. The number of hydrogen-bond donors (Lipinski definition) is 1. The Morgan fingerprint density at radius 3 is 3.05 bits per heavy atom. The highest BCUT2D eigenvalue weighted by Gasteiger charge is 2.28. The van der Waals surface area contributed by atoms with Crippen molar-refractivity contribution in [3.8, 4) is 0 Å². The molecule has 2 N–H and O–H groups in total. The highest BCUT2D eigenvalue weighted by atomic mass is 79.9. The molecule has 1 aromatic heterocycles. The van der Waals surface area contributed by atoms with Crippen LogP contribution >= 0.6 is 15.9 Å². The van der Waals surface area contributed by atoms with Crippen molar-refractivity contribution >= 4 is 21.6 Å². The average molecular weight is 341 g/mol. The molecule has 1 saturated heterocycles. The second-order valence-electron chi connectivity index (χ2n) is 5.24. The van der Waals surface area contributed by atoms with Gasteiger partial charge in [-0.05, 0) is 42.1 Å². The zero-order valence-corrected chi connectivity index (χ0v) is 13.3. The van der Waals surface area contributed by atoms with E-state index in [0.29, 0.717) is 11.0 Å². The fraction of sp³-hybridized carbons (Fsp3) is 0.571. The number of piperidine rings is 1. The van der Waals surface area contributed by atoms with Crippen molar-refractivity contribution in [3.63, 3.8) is 0 Å². The van der Waals surface area contributed by atoms with Gasteiger partial charge in [0, 0.05) is 18.6 Å². The van der Waals surface area contributed by atoms with Crippen LogP contribution in [0.15, 0.2) is 28.1 Å².